The number of fused-ring (bicyclic) bond motifs is 1. The molecule has 0 saturated carbocycles. The second-order valence-corrected chi connectivity index (χ2v) is 4.24. The van der Waals surface area contributed by atoms with Gasteiger partial charge in [-0.1, -0.05) is 24.2 Å². The molecule has 2 heterocycles. The van der Waals surface area contributed by atoms with Crippen LogP contribution in [0.25, 0.3) is 0 Å². The summed E-state index contributed by atoms with van der Waals surface area (Å²) in [6.45, 7) is 0.944. The van der Waals surface area contributed by atoms with Crippen molar-refractivity contribution in [1.29, 1.82) is 0 Å². The molecule has 18 heavy (non-hydrogen) atoms. The zero-order valence-corrected chi connectivity index (χ0v) is 9.63. The number of aromatic nitrogens is 1. The molecular weight excluding hydrogens is 228 g/mol. The number of carbonyl (C=O) groups is 1. The molecule has 0 fully saturated rings. The molecule has 2 aromatic rings. The predicted octanol–water partition coefficient (Wildman–Crippen LogP) is 1.94. The van der Waals surface area contributed by atoms with Crippen molar-refractivity contribution in [2.45, 2.75) is 13.1 Å². The Kier molecular flexibility index (Phi) is 2.22. The highest BCUT2D eigenvalue weighted by atomic mass is 16.3. The molecule has 1 amide bonds. The molecule has 0 saturated heterocycles. The first-order valence-electron chi connectivity index (χ1n) is 6.17. The fraction of sp³-hybridized carbons (Fsp3) is 0.143. The summed E-state index contributed by atoms with van der Waals surface area (Å²) in [5.41, 5.74) is 2.21. The van der Waals surface area contributed by atoms with Crippen molar-refractivity contribution in [3.8, 4) is 5.75 Å². The van der Waals surface area contributed by atoms with Crippen LogP contribution in [0.15, 0.2) is 42.6 Å². The van der Waals surface area contributed by atoms with Crippen molar-refractivity contribution in [2.24, 2.45) is 0 Å². The molecule has 90 valence electrons. The molecule has 4 nitrogen and oxygen atoms in total. The first kappa shape index (κ1) is 9.65. The molecule has 1 N–H and O–H groups in total. The van der Waals surface area contributed by atoms with Gasteiger partial charge >= 0.3 is 0 Å². The van der Waals surface area contributed by atoms with Gasteiger partial charge in [0.05, 0.1) is 7.57 Å². The quantitative estimate of drug-likeness (QED) is 0.830. The Morgan fingerprint density at radius 1 is 1.28 bits per heavy atom. The van der Waals surface area contributed by atoms with Gasteiger partial charge in [-0.05, 0) is 23.3 Å². The Balaban J connectivity index is 1.85. The van der Waals surface area contributed by atoms with Crippen LogP contribution in [0.3, 0.4) is 0 Å². The van der Waals surface area contributed by atoms with Crippen LogP contribution in [0.5, 0.6) is 5.75 Å². The summed E-state index contributed by atoms with van der Waals surface area (Å²) < 4.78 is 7.83. The smallest absolute Gasteiger partial charge is 0.273 e. The minimum absolute atomic E-state index is 0.0368. The summed E-state index contributed by atoms with van der Waals surface area (Å²) >= 11 is 0. The molecular formula is C14H12N2O2. The molecule has 3 rings (SSSR count). The Morgan fingerprint density at radius 2 is 2.11 bits per heavy atom. The second kappa shape index (κ2) is 4.14. The van der Waals surface area contributed by atoms with E-state index in [-0.39, 0.29) is 11.7 Å². The third-order valence-corrected chi connectivity index (χ3v) is 3.00. The summed E-state index contributed by atoms with van der Waals surface area (Å²) in [7, 11) is 0. The third-order valence-electron chi connectivity index (χ3n) is 3.00. The Morgan fingerprint density at radius 3 is 2.83 bits per heavy atom. The van der Waals surface area contributed by atoms with Crippen molar-refractivity contribution in [3.63, 3.8) is 0 Å². The molecule has 4 heteroatoms. The number of nitrogens with zero attached hydrogens (tertiary/aromatic N) is 2. The Hall–Kier alpha value is -2.36. The van der Waals surface area contributed by atoms with Gasteiger partial charge in [-0.2, -0.15) is 0 Å². The van der Waals surface area contributed by atoms with Gasteiger partial charge in [-0.25, -0.2) is 4.98 Å². The molecule has 0 atom stereocenters. The van der Waals surface area contributed by atoms with E-state index in [1.54, 1.807) is 11.0 Å². The topological polar surface area (TPSA) is 53.4 Å². The van der Waals surface area contributed by atoms with Gasteiger partial charge in [-0.15, -0.1) is 0 Å². The molecule has 0 aliphatic carbocycles. The average Bonchev–Trinajstić information content (AvgIpc) is 2.84. The van der Waals surface area contributed by atoms with Crippen LogP contribution in [0.1, 0.15) is 23.0 Å². The van der Waals surface area contributed by atoms with Gasteiger partial charge in [0.15, 0.2) is 0 Å². The zero-order valence-electron chi connectivity index (χ0n) is 10.6. The van der Waals surface area contributed by atoms with Gasteiger partial charge in [0.2, 0.25) is 0 Å². The van der Waals surface area contributed by atoms with Gasteiger partial charge in [0.25, 0.3) is 5.91 Å². The minimum atomic E-state index is -0.185. The number of aromatic hydroxyl groups is 1. The van der Waals surface area contributed by atoms with E-state index >= 15 is 0 Å². The second-order valence-electron chi connectivity index (χ2n) is 4.24. The van der Waals surface area contributed by atoms with Crippen molar-refractivity contribution in [2.75, 3.05) is 0 Å². The molecule has 0 spiro atoms. The monoisotopic (exact) mass is 241 g/mol. The Labute approximate surface area is 106 Å². The maximum absolute atomic E-state index is 12.3. The molecule has 1 aliphatic rings. The van der Waals surface area contributed by atoms with Crippen LogP contribution >= 0.6 is 0 Å². The van der Waals surface area contributed by atoms with Crippen LogP contribution in [0.4, 0.5) is 0 Å². The van der Waals surface area contributed by atoms with E-state index in [2.05, 4.69) is 4.98 Å². The fourth-order valence-corrected chi connectivity index (χ4v) is 2.07. The van der Waals surface area contributed by atoms with Crippen LogP contribution < -0.4 is 0 Å². The molecule has 0 unspecified atom stereocenters. The summed E-state index contributed by atoms with van der Waals surface area (Å²) in [5, 5.41) is 9.17. The molecule has 1 aromatic heterocycles. The number of amides is 1. The summed E-state index contributed by atoms with van der Waals surface area (Å²) in [4.78, 5) is 17.8. The lowest BCUT2D eigenvalue weighted by Crippen LogP contribution is -2.26. The lowest BCUT2D eigenvalue weighted by molar-refractivity contribution is 0.0745. The Bertz CT molecular complexity index is 640. The van der Waals surface area contributed by atoms with Crippen LogP contribution in [-0.2, 0) is 13.1 Å². The first-order valence-corrected chi connectivity index (χ1v) is 5.67. The summed E-state index contributed by atoms with van der Waals surface area (Å²) in [6.07, 6.45) is 1.26. The van der Waals surface area contributed by atoms with E-state index in [1.807, 2.05) is 12.1 Å². The zero-order chi connectivity index (χ0) is 13.4. The van der Waals surface area contributed by atoms with E-state index in [0.29, 0.717) is 24.8 Å². The van der Waals surface area contributed by atoms with E-state index in [0.717, 1.165) is 11.1 Å². The highest BCUT2D eigenvalue weighted by Gasteiger charge is 2.24. The van der Waals surface area contributed by atoms with Gasteiger partial charge < -0.3 is 10.0 Å². The standard InChI is InChI=1S/C14H12N2O2/c17-12-5-6-13(15-7-12)14(18)16-8-10-3-1-2-4-11(10)9-16/h1-7,17H,8-9H2/i3D. The SMILES string of the molecule is [2H]c1cccc2c1CN(C(=O)c1ccc(O)cn1)C2. The number of hydrogen-bond donors (Lipinski definition) is 1. The number of benzene rings is 1. The van der Waals surface area contributed by atoms with Crippen LogP contribution in [-0.4, -0.2) is 20.9 Å². The van der Waals surface area contributed by atoms with E-state index < -0.39 is 0 Å². The maximum Gasteiger partial charge on any atom is 0.273 e. The first-order chi connectivity index (χ1) is 9.15. The number of rotatable bonds is 1. The maximum atomic E-state index is 12.3. The van der Waals surface area contributed by atoms with Gasteiger partial charge in [0, 0.05) is 13.1 Å². The summed E-state index contributed by atoms with van der Waals surface area (Å²) in [5.74, 6) is -0.148. The predicted molar refractivity (Wildman–Crippen MR) is 65.9 cm³/mol. The van der Waals surface area contributed by atoms with E-state index in [1.165, 1.54) is 18.3 Å². The fourth-order valence-electron chi connectivity index (χ4n) is 2.07. The van der Waals surface area contributed by atoms with Crippen molar-refractivity contribution in [1.82, 2.24) is 9.88 Å². The number of hydrogen-bond acceptors (Lipinski definition) is 3. The minimum Gasteiger partial charge on any atom is -0.506 e. The van der Waals surface area contributed by atoms with E-state index in [9.17, 15) is 4.79 Å². The average molecular weight is 241 g/mol. The highest BCUT2D eigenvalue weighted by molar-refractivity contribution is 5.92. The van der Waals surface area contributed by atoms with Crippen molar-refractivity contribution < 1.29 is 11.3 Å². The van der Waals surface area contributed by atoms with Gasteiger partial charge in [-0.3, -0.25) is 4.79 Å². The largest absolute Gasteiger partial charge is 0.506 e. The third kappa shape index (κ3) is 1.82. The molecule has 0 radical (unpaired) electrons. The van der Waals surface area contributed by atoms with Crippen molar-refractivity contribution >= 4 is 5.91 Å². The van der Waals surface area contributed by atoms with Crippen LogP contribution in [0.2, 0.25) is 0 Å². The van der Waals surface area contributed by atoms with E-state index in [4.69, 9.17) is 6.48 Å². The molecule has 1 aliphatic heterocycles. The molecule has 1 aromatic carbocycles. The lowest BCUT2D eigenvalue weighted by atomic mass is 10.1. The van der Waals surface area contributed by atoms with Crippen molar-refractivity contribution in [3.05, 3.63) is 59.4 Å². The number of pyridine rings is 1. The lowest BCUT2D eigenvalue weighted by Gasteiger charge is -2.14. The summed E-state index contributed by atoms with van der Waals surface area (Å²) in [6, 6.07) is 8.90. The van der Waals surface area contributed by atoms with Gasteiger partial charge in [0.1, 0.15) is 11.4 Å². The highest BCUT2D eigenvalue weighted by Crippen LogP contribution is 2.23. The van der Waals surface area contributed by atoms with Crippen LogP contribution in [0, 0.1) is 0 Å². The number of carbonyl (C=O) groups excluding carboxylic acids is 1. The normalized spacial score (nSPS) is 14.2. The molecule has 0 bridgehead atoms.